The quantitative estimate of drug-likeness (QED) is 0.293. The van der Waals surface area contributed by atoms with Gasteiger partial charge in [-0.1, -0.05) is 57.2 Å². The maximum Gasteiger partial charge on any atom is 0.573 e. The van der Waals surface area contributed by atoms with Gasteiger partial charge in [0.15, 0.2) is 5.69 Å². The summed E-state index contributed by atoms with van der Waals surface area (Å²) < 4.78 is 42.1. The number of aromatic nitrogens is 2. The lowest BCUT2D eigenvalue weighted by Crippen LogP contribution is -2.33. The average Bonchev–Trinajstić information content (AvgIpc) is 3.28. The summed E-state index contributed by atoms with van der Waals surface area (Å²) in [5.74, 6) is -0.534. The standard InChI is InChI=1S/C29H30F3N3O2/c1-19-16-22-12-14-33-25(22)26(34-19)27(36)35(18-21-8-10-23(11-9-21)28(2,3)4)15-13-20-6-5-7-24(17-20)37-29(30,31)32/h5-12,14,16-17,33H,13,15,18H2,1-4H3. The molecule has 0 saturated heterocycles. The van der Waals surface area contributed by atoms with Gasteiger partial charge in [0.2, 0.25) is 0 Å². The number of ether oxygens (including phenoxy) is 1. The minimum absolute atomic E-state index is 0.00223. The molecule has 0 atom stereocenters. The van der Waals surface area contributed by atoms with Gasteiger partial charge < -0.3 is 14.6 Å². The molecule has 2 heterocycles. The Morgan fingerprint density at radius 2 is 1.73 bits per heavy atom. The fraction of sp³-hybridized carbons (Fsp3) is 0.310. The number of amides is 1. The molecule has 4 aromatic rings. The van der Waals surface area contributed by atoms with E-state index in [0.717, 1.165) is 16.6 Å². The van der Waals surface area contributed by atoms with Gasteiger partial charge in [-0.2, -0.15) is 0 Å². The Hall–Kier alpha value is -3.81. The lowest BCUT2D eigenvalue weighted by Gasteiger charge is -2.24. The van der Waals surface area contributed by atoms with Crippen molar-refractivity contribution >= 4 is 16.8 Å². The summed E-state index contributed by atoms with van der Waals surface area (Å²) in [4.78, 5) is 23.1. The van der Waals surface area contributed by atoms with Gasteiger partial charge in [0, 0.05) is 30.4 Å². The van der Waals surface area contributed by atoms with Crippen LogP contribution >= 0.6 is 0 Å². The molecule has 1 amide bonds. The fourth-order valence-corrected chi connectivity index (χ4v) is 4.25. The predicted molar refractivity (Wildman–Crippen MR) is 138 cm³/mol. The van der Waals surface area contributed by atoms with Gasteiger partial charge in [0.1, 0.15) is 5.75 Å². The van der Waals surface area contributed by atoms with Crippen LogP contribution in [0, 0.1) is 6.92 Å². The zero-order valence-electron chi connectivity index (χ0n) is 21.3. The summed E-state index contributed by atoms with van der Waals surface area (Å²) >= 11 is 0. The third-order valence-corrected chi connectivity index (χ3v) is 6.15. The van der Waals surface area contributed by atoms with Crippen LogP contribution in [-0.4, -0.2) is 33.7 Å². The smallest absolute Gasteiger partial charge is 0.406 e. The van der Waals surface area contributed by atoms with Crippen LogP contribution in [0.15, 0.2) is 66.9 Å². The highest BCUT2D eigenvalue weighted by atomic mass is 19.4. The molecule has 4 rings (SSSR count). The zero-order valence-corrected chi connectivity index (χ0v) is 21.3. The number of hydrogen-bond donors (Lipinski definition) is 1. The van der Waals surface area contributed by atoms with Gasteiger partial charge in [0.05, 0.1) is 5.52 Å². The molecule has 2 aromatic heterocycles. The predicted octanol–water partition coefficient (Wildman–Crippen LogP) is 6.95. The van der Waals surface area contributed by atoms with Gasteiger partial charge in [-0.15, -0.1) is 13.2 Å². The summed E-state index contributed by atoms with van der Waals surface area (Å²) in [5, 5.41) is 0.891. The van der Waals surface area contributed by atoms with Crippen LogP contribution in [0.2, 0.25) is 0 Å². The van der Waals surface area contributed by atoms with Gasteiger partial charge in [-0.25, -0.2) is 4.98 Å². The van der Waals surface area contributed by atoms with Crippen LogP contribution in [0.5, 0.6) is 5.75 Å². The lowest BCUT2D eigenvalue weighted by atomic mass is 9.87. The molecule has 0 unspecified atom stereocenters. The van der Waals surface area contributed by atoms with Gasteiger partial charge in [0.25, 0.3) is 5.91 Å². The molecule has 194 valence electrons. The fourth-order valence-electron chi connectivity index (χ4n) is 4.25. The minimum Gasteiger partial charge on any atom is -0.406 e. The number of fused-ring (bicyclic) bond motifs is 1. The number of H-pyrrole nitrogens is 1. The summed E-state index contributed by atoms with van der Waals surface area (Å²) in [6, 6.07) is 17.8. The Bertz CT molecular complexity index is 1390. The number of pyridine rings is 1. The normalized spacial score (nSPS) is 12.1. The van der Waals surface area contributed by atoms with E-state index >= 15 is 0 Å². The van der Waals surface area contributed by atoms with E-state index in [1.54, 1.807) is 17.2 Å². The highest BCUT2D eigenvalue weighted by Crippen LogP contribution is 2.25. The summed E-state index contributed by atoms with van der Waals surface area (Å²) in [6.45, 7) is 8.87. The highest BCUT2D eigenvalue weighted by Gasteiger charge is 2.31. The van der Waals surface area contributed by atoms with E-state index in [4.69, 9.17) is 0 Å². The molecule has 1 N–H and O–H groups in total. The molecule has 0 aliphatic carbocycles. The third kappa shape index (κ3) is 6.70. The number of nitrogens with one attached hydrogen (secondary N) is 1. The largest absolute Gasteiger partial charge is 0.573 e. The van der Waals surface area contributed by atoms with E-state index in [9.17, 15) is 18.0 Å². The number of nitrogens with zero attached hydrogens (tertiary/aromatic N) is 2. The maximum atomic E-state index is 13.8. The maximum absolute atomic E-state index is 13.8. The Labute approximate surface area is 214 Å². The SMILES string of the molecule is Cc1cc2cc[nH]c2c(C(=O)N(CCc2cccc(OC(F)(F)F)c2)Cc2ccc(C(C)(C)C)cc2)n1. The zero-order chi connectivity index (χ0) is 26.8. The van der Waals surface area contributed by atoms with Crippen LogP contribution in [0.3, 0.4) is 0 Å². The van der Waals surface area contributed by atoms with Crippen LogP contribution in [0.25, 0.3) is 10.9 Å². The second-order valence-electron chi connectivity index (χ2n) is 10.2. The first-order valence-corrected chi connectivity index (χ1v) is 12.1. The Morgan fingerprint density at radius 1 is 1.00 bits per heavy atom. The first-order valence-electron chi connectivity index (χ1n) is 12.1. The highest BCUT2D eigenvalue weighted by molar-refractivity contribution is 6.04. The van der Waals surface area contributed by atoms with Crippen molar-refractivity contribution in [3.63, 3.8) is 0 Å². The van der Waals surface area contributed by atoms with Crippen molar-refractivity contribution in [3.05, 3.63) is 94.9 Å². The first-order chi connectivity index (χ1) is 17.4. The van der Waals surface area contributed by atoms with Gasteiger partial charge in [-0.3, -0.25) is 4.79 Å². The molecule has 8 heteroatoms. The molecular weight excluding hydrogens is 479 g/mol. The Morgan fingerprint density at radius 3 is 2.41 bits per heavy atom. The van der Waals surface area contributed by atoms with Crippen molar-refractivity contribution in [2.75, 3.05) is 6.54 Å². The lowest BCUT2D eigenvalue weighted by molar-refractivity contribution is -0.274. The number of rotatable bonds is 7. The molecule has 0 fully saturated rings. The van der Waals surface area contributed by atoms with Crippen LogP contribution in [0.1, 0.15) is 53.6 Å². The van der Waals surface area contributed by atoms with Crippen molar-refractivity contribution in [2.45, 2.75) is 52.4 Å². The monoisotopic (exact) mass is 509 g/mol. The van der Waals surface area contributed by atoms with Gasteiger partial charge >= 0.3 is 6.36 Å². The first kappa shape index (κ1) is 26.3. The number of aromatic amines is 1. The summed E-state index contributed by atoms with van der Waals surface area (Å²) in [7, 11) is 0. The third-order valence-electron chi connectivity index (χ3n) is 6.15. The molecule has 0 aliphatic rings. The topological polar surface area (TPSA) is 58.2 Å². The van der Waals surface area contributed by atoms with Crippen LogP contribution < -0.4 is 4.74 Å². The van der Waals surface area contributed by atoms with E-state index in [1.807, 2.05) is 31.2 Å². The number of carbonyl (C=O) groups is 1. The van der Waals surface area contributed by atoms with E-state index in [-0.39, 0.29) is 23.6 Å². The number of halogens is 3. The Kier molecular flexibility index (Phi) is 7.30. The number of benzene rings is 2. The van der Waals surface area contributed by atoms with E-state index in [1.165, 1.54) is 23.8 Å². The van der Waals surface area contributed by atoms with Crippen LogP contribution in [0.4, 0.5) is 13.2 Å². The minimum atomic E-state index is -4.77. The van der Waals surface area contributed by atoms with Crippen molar-refractivity contribution in [1.29, 1.82) is 0 Å². The molecule has 0 spiro atoms. The number of aryl methyl sites for hydroxylation is 1. The van der Waals surface area contributed by atoms with Crippen molar-refractivity contribution in [2.24, 2.45) is 0 Å². The Balaban J connectivity index is 1.62. The van der Waals surface area contributed by atoms with E-state index < -0.39 is 6.36 Å². The molecular formula is C29H30F3N3O2. The second kappa shape index (κ2) is 10.3. The number of hydrogen-bond acceptors (Lipinski definition) is 3. The van der Waals surface area contributed by atoms with E-state index in [2.05, 4.69) is 47.6 Å². The molecule has 0 saturated carbocycles. The molecule has 0 bridgehead atoms. The van der Waals surface area contributed by atoms with Crippen molar-refractivity contribution < 1.29 is 22.7 Å². The summed E-state index contributed by atoms with van der Waals surface area (Å²) in [6.07, 6.45) is -2.65. The molecule has 0 radical (unpaired) electrons. The van der Waals surface area contributed by atoms with Crippen LogP contribution in [-0.2, 0) is 18.4 Å². The number of alkyl halides is 3. The van der Waals surface area contributed by atoms with E-state index in [0.29, 0.717) is 29.7 Å². The molecule has 37 heavy (non-hydrogen) atoms. The summed E-state index contributed by atoms with van der Waals surface area (Å²) in [5.41, 5.74) is 4.47. The number of carbonyl (C=O) groups excluding carboxylic acids is 1. The molecule has 0 aliphatic heterocycles. The van der Waals surface area contributed by atoms with Crippen molar-refractivity contribution in [3.8, 4) is 5.75 Å². The molecule has 2 aromatic carbocycles. The average molecular weight is 510 g/mol. The van der Waals surface area contributed by atoms with Crippen molar-refractivity contribution in [1.82, 2.24) is 14.9 Å². The van der Waals surface area contributed by atoms with Gasteiger partial charge in [-0.05, 0) is 59.7 Å². The molecule has 5 nitrogen and oxygen atoms in total. The second-order valence-corrected chi connectivity index (χ2v) is 10.2.